The van der Waals surface area contributed by atoms with Gasteiger partial charge in [-0.1, -0.05) is 6.92 Å². The van der Waals surface area contributed by atoms with Gasteiger partial charge in [0.25, 0.3) is 5.91 Å². The Kier molecular flexibility index (Phi) is 3.65. The molecule has 0 aliphatic heterocycles. The number of nitrogens with one attached hydrogen (secondary N) is 1. The molecule has 0 aliphatic rings. The summed E-state index contributed by atoms with van der Waals surface area (Å²) in [6.07, 6.45) is 2.11. The van der Waals surface area contributed by atoms with Crippen molar-refractivity contribution in [1.29, 1.82) is 0 Å². The van der Waals surface area contributed by atoms with Gasteiger partial charge in [-0.2, -0.15) is 5.10 Å². The fourth-order valence-corrected chi connectivity index (χ4v) is 1.41. The van der Waals surface area contributed by atoms with E-state index in [4.69, 9.17) is 5.11 Å². The van der Waals surface area contributed by atoms with Gasteiger partial charge in [0.05, 0.1) is 17.5 Å². The van der Waals surface area contributed by atoms with Crippen molar-refractivity contribution in [2.24, 2.45) is 7.05 Å². The maximum atomic E-state index is 11.7. The van der Waals surface area contributed by atoms with Crippen LogP contribution in [0, 0.1) is 0 Å². The molecule has 16 heavy (non-hydrogen) atoms. The van der Waals surface area contributed by atoms with E-state index < -0.39 is 17.9 Å². The molecule has 1 atom stereocenters. The summed E-state index contributed by atoms with van der Waals surface area (Å²) in [5.41, 5.74) is 1.22. The number of aliphatic carboxylic acids is 1. The predicted octanol–water partition coefficient (Wildman–Crippen LogP) is 0.185. The molecule has 0 radical (unpaired) electrons. The van der Waals surface area contributed by atoms with E-state index >= 15 is 0 Å². The molecule has 6 nitrogen and oxygen atoms in total. The van der Waals surface area contributed by atoms with Gasteiger partial charge >= 0.3 is 5.97 Å². The van der Waals surface area contributed by atoms with Crippen molar-refractivity contribution in [3.8, 4) is 0 Å². The zero-order chi connectivity index (χ0) is 12.3. The minimum atomic E-state index is -1.06. The molecule has 0 aliphatic carbocycles. The lowest BCUT2D eigenvalue weighted by Crippen LogP contribution is -2.38. The molecule has 0 fully saturated rings. The van der Waals surface area contributed by atoms with Gasteiger partial charge in [0.15, 0.2) is 0 Å². The number of amides is 1. The maximum Gasteiger partial charge on any atom is 0.325 e. The van der Waals surface area contributed by atoms with E-state index in [1.807, 2.05) is 6.92 Å². The number of rotatable bonds is 4. The number of carbonyl (C=O) groups is 2. The second-order valence-electron chi connectivity index (χ2n) is 3.52. The van der Waals surface area contributed by atoms with Crippen molar-refractivity contribution in [2.45, 2.75) is 26.3 Å². The van der Waals surface area contributed by atoms with Crippen LogP contribution in [0.4, 0.5) is 0 Å². The van der Waals surface area contributed by atoms with Gasteiger partial charge in [-0.05, 0) is 13.3 Å². The van der Waals surface area contributed by atoms with Crippen LogP contribution < -0.4 is 5.32 Å². The third-order valence-corrected chi connectivity index (χ3v) is 2.36. The smallest absolute Gasteiger partial charge is 0.325 e. The van der Waals surface area contributed by atoms with Crippen LogP contribution in [-0.4, -0.2) is 32.8 Å². The number of carboxylic acid groups (broad SMARTS) is 1. The van der Waals surface area contributed by atoms with Crippen molar-refractivity contribution in [2.75, 3.05) is 0 Å². The monoisotopic (exact) mass is 225 g/mol. The van der Waals surface area contributed by atoms with Crippen LogP contribution in [0.25, 0.3) is 0 Å². The average Bonchev–Trinajstić information content (AvgIpc) is 2.59. The number of carboxylic acids is 1. The molecule has 0 saturated carbocycles. The number of aromatic nitrogens is 2. The first kappa shape index (κ1) is 12.2. The molecular formula is C10H15N3O3. The van der Waals surface area contributed by atoms with E-state index in [2.05, 4.69) is 10.4 Å². The van der Waals surface area contributed by atoms with Crippen molar-refractivity contribution in [3.63, 3.8) is 0 Å². The van der Waals surface area contributed by atoms with Crippen LogP contribution in [0.5, 0.6) is 0 Å². The molecular weight excluding hydrogens is 210 g/mol. The topological polar surface area (TPSA) is 84.2 Å². The van der Waals surface area contributed by atoms with E-state index in [1.165, 1.54) is 13.1 Å². The maximum absolute atomic E-state index is 11.7. The van der Waals surface area contributed by atoms with Gasteiger partial charge in [0, 0.05) is 7.05 Å². The Morgan fingerprint density at radius 1 is 1.62 bits per heavy atom. The van der Waals surface area contributed by atoms with Crippen molar-refractivity contribution in [1.82, 2.24) is 15.1 Å². The van der Waals surface area contributed by atoms with Crippen molar-refractivity contribution >= 4 is 11.9 Å². The van der Waals surface area contributed by atoms with Crippen LogP contribution in [0.3, 0.4) is 0 Å². The Morgan fingerprint density at radius 3 is 2.75 bits per heavy atom. The lowest BCUT2D eigenvalue weighted by Gasteiger charge is -2.09. The normalized spacial score (nSPS) is 12.2. The Hall–Kier alpha value is -1.85. The summed E-state index contributed by atoms with van der Waals surface area (Å²) < 4.78 is 1.61. The van der Waals surface area contributed by atoms with Gasteiger partial charge in [-0.25, -0.2) is 0 Å². The molecule has 0 bridgehead atoms. The number of carbonyl (C=O) groups excluding carboxylic acids is 1. The molecule has 1 amide bonds. The summed E-state index contributed by atoms with van der Waals surface area (Å²) in [5.74, 6) is -1.46. The highest BCUT2D eigenvalue weighted by Gasteiger charge is 2.19. The van der Waals surface area contributed by atoms with Gasteiger partial charge in [0.2, 0.25) is 0 Å². The molecule has 0 aromatic carbocycles. The summed E-state index contributed by atoms with van der Waals surface area (Å²) in [4.78, 5) is 22.3. The summed E-state index contributed by atoms with van der Waals surface area (Å²) in [5, 5.41) is 15.0. The predicted molar refractivity (Wildman–Crippen MR) is 57.2 cm³/mol. The third-order valence-electron chi connectivity index (χ3n) is 2.36. The molecule has 1 rings (SSSR count). The lowest BCUT2D eigenvalue weighted by atomic mass is 10.2. The molecule has 2 N–H and O–H groups in total. The highest BCUT2D eigenvalue weighted by atomic mass is 16.4. The quantitative estimate of drug-likeness (QED) is 0.765. The van der Waals surface area contributed by atoms with Crippen LogP contribution >= 0.6 is 0 Å². The van der Waals surface area contributed by atoms with Gasteiger partial charge < -0.3 is 10.4 Å². The Labute approximate surface area is 93.3 Å². The Balaban J connectivity index is 2.84. The largest absolute Gasteiger partial charge is 0.480 e. The first-order chi connectivity index (χ1) is 7.47. The Morgan fingerprint density at radius 2 is 2.25 bits per heavy atom. The summed E-state index contributed by atoms with van der Waals surface area (Å²) in [7, 11) is 1.75. The lowest BCUT2D eigenvalue weighted by molar-refractivity contribution is -0.138. The second kappa shape index (κ2) is 4.78. The summed E-state index contributed by atoms with van der Waals surface area (Å²) in [6.45, 7) is 3.33. The van der Waals surface area contributed by atoms with E-state index in [-0.39, 0.29) is 0 Å². The first-order valence-corrected chi connectivity index (χ1v) is 5.01. The second-order valence-corrected chi connectivity index (χ2v) is 3.52. The minimum Gasteiger partial charge on any atom is -0.480 e. The first-order valence-electron chi connectivity index (χ1n) is 5.01. The highest BCUT2D eigenvalue weighted by Crippen LogP contribution is 2.08. The highest BCUT2D eigenvalue weighted by molar-refractivity contribution is 5.97. The van der Waals surface area contributed by atoms with E-state index in [0.717, 1.165) is 5.69 Å². The molecule has 1 aromatic rings. The zero-order valence-electron chi connectivity index (χ0n) is 9.52. The molecule has 88 valence electrons. The summed E-state index contributed by atoms with van der Waals surface area (Å²) >= 11 is 0. The third kappa shape index (κ3) is 2.39. The van der Waals surface area contributed by atoms with E-state index in [1.54, 1.807) is 11.7 Å². The number of hydrogen-bond acceptors (Lipinski definition) is 3. The minimum absolute atomic E-state index is 0.403. The molecule has 1 aromatic heterocycles. The van der Waals surface area contributed by atoms with Crippen molar-refractivity contribution < 1.29 is 14.7 Å². The summed E-state index contributed by atoms with van der Waals surface area (Å²) in [6, 6.07) is -0.905. The molecule has 6 heteroatoms. The van der Waals surface area contributed by atoms with Crippen LogP contribution in [-0.2, 0) is 18.3 Å². The number of nitrogens with zero attached hydrogens (tertiary/aromatic N) is 2. The number of aryl methyl sites for hydroxylation is 1. The average molecular weight is 225 g/mol. The van der Waals surface area contributed by atoms with Gasteiger partial charge in [-0.15, -0.1) is 0 Å². The molecule has 0 unspecified atom stereocenters. The fourth-order valence-electron chi connectivity index (χ4n) is 1.41. The fraction of sp³-hybridized carbons (Fsp3) is 0.500. The molecule has 0 saturated heterocycles. The number of hydrogen-bond donors (Lipinski definition) is 2. The standard InChI is InChI=1S/C10H15N3O3/c1-4-8-7(5-11-13(8)3)9(14)12-6(2)10(15)16/h5-6H,4H2,1-3H3,(H,12,14)(H,15,16)/t6-/m1/s1. The zero-order valence-corrected chi connectivity index (χ0v) is 9.52. The van der Waals surface area contributed by atoms with Crippen molar-refractivity contribution in [3.05, 3.63) is 17.5 Å². The molecule has 1 heterocycles. The van der Waals surface area contributed by atoms with Crippen LogP contribution in [0.1, 0.15) is 29.9 Å². The van der Waals surface area contributed by atoms with Crippen LogP contribution in [0.2, 0.25) is 0 Å². The SMILES string of the molecule is CCc1c(C(=O)N[C@H](C)C(=O)O)cnn1C. The molecule has 0 spiro atoms. The van der Waals surface area contributed by atoms with E-state index in [9.17, 15) is 9.59 Å². The van der Waals surface area contributed by atoms with Gasteiger partial charge in [0.1, 0.15) is 6.04 Å². The van der Waals surface area contributed by atoms with Crippen LogP contribution in [0.15, 0.2) is 6.20 Å². The Bertz CT molecular complexity index is 411. The van der Waals surface area contributed by atoms with E-state index in [0.29, 0.717) is 12.0 Å². The van der Waals surface area contributed by atoms with Gasteiger partial charge in [-0.3, -0.25) is 14.3 Å².